The first-order chi connectivity index (χ1) is 11.1. The van der Waals surface area contributed by atoms with Gasteiger partial charge in [-0.15, -0.1) is 0 Å². The smallest absolute Gasteiger partial charge is 0.241 e. The van der Waals surface area contributed by atoms with E-state index < -0.39 is 5.92 Å². The molecular formula is C18H13BrN2O2. The zero-order valence-electron chi connectivity index (χ0n) is 12.1. The van der Waals surface area contributed by atoms with Gasteiger partial charge in [-0.1, -0.05) is 40.2 Å². The third-order valence-electron chi connectivity index (χ3n) is 4.21. The minimum atomic E-state index is -0.433. The molecular weight excluding hydrogens is 356 g/mol. The topological polar surface area (TPSA) is 53.2 Å². The van der Waals surface area contributed by atoms with Crippen molar-refractivity contribution < 1.29 is 9.59 Å². The fourth-order valence-electron chi connectivity index (χ4n) is 3.14. The van der Waals surface area contributed by atoms with E-state index in [9.17, 15) is 9.59 Å². The third-order valence-corrected chi connectivity index (χ3v) is 4.70. The molecule has 2 heterocycles. The van der Waals surface area contributed by atoms with E-state index in [2.05, 4.69) is 20.9 Å². The van der Waals surface area contributed by atoms with Gasteiger partial charge in [-0.2, -0.15) is 0 Å². The summed E-state index contributed by atoms with van der Waals surface area (Å²) in [6.45, 7) is 0. The molecule has 4 rings (SSSR count). The molecule has 114 valence electrons. The predicted octanol–water partition coefficient (Wildman–Crippen LogP) is 3.98. The molecule has 0 bridgehead atoms. The molecule has 1 atom stereocenters. The van der Waals surface area contributed by atoms with E-state index in [1.54, 1.807) is 12.1 Å². The molecule has 0 unspecified atom stereocenters. The van der Waals surface area contributed by atoms with Gasteiger partial charge in [0.25, 0.3) is 0 Å². The number of fused-ring (bicyclic) bond motifs is 1. The van der Waals surface area contributed by atoms with Crippen LogP contribution in [0.15, 0.2) is 59.2 Å². The van der Waals surface area contributed by atoms with Crippen molar-refractivity contribution in [1.82, 2.24) is 4.98 Å². The Morgan fingerprint density at radius 1 is 1.09 bits per heavy atom. The Balaban J connectivity index is 1.75. The summed E-state index contributed by atoms with van der Waals surface area (Å²) in [6, 6.07) is 15.1. The van der Waals surface area contributed by atoms with E-state index in [-0.39, 0.29) is 18.2 Å². The van der Waals surface area contributed by atoms with Crippen LogP contribution in [0.1, 0.15) is 17.9 Å². The molecule has 0 radical (unpaired) electrons. The number of imide groups is 1. The van der Waals surface area contributed by atoms with Gasteiger partial charge in [0, 0.05) is 28.0 Å². The maximum atomic E-state index is 12.8. The van der Waals surface area contributed by atoms with E-state index in [1.165, 1.54) is 4.90 Å². The standard InChI is InChI=1S/C18H13BrN2O2/c19-11-4-3-5-12(8-11)21-17(22)9-14(18(21)23)15-10-20-16-7-2-1-6-13(15)16/h1-8,10,14,20H,9H2/t14-/m1/s1. The number of benzene rings is 2. The largest absolute Gasteiger partial charge is 0.361 e. The van der Waals surface area contributed by atoms with Crippen LogP contribution in [-0.2, 0) is 9.59 Å². The number of aromatic nitrogens is 1. The van der Waals surface area contributed by atoms with Crippen molar-refractivity contribution in [2.45, 2.75) is 12.3 Å². The van der Waals surface area contributed by atoms with Gasteiger partial charge in [0.1, 0.15) is 0 Å². The lowest BCUT2D eigenvalue weighted by Crippen LogP contribution is -2.29. The Morgan fingerprint density at radius 3 is 2.74 bits per heavy atom. The van der Waals surface area contributed by atoms with Gasteiger partial charge in [0.15, 0.2) is 0 Å². The fraction of sp³-hybridized carbons (Fsp3) is 0.111. The number of hydrogen-bond donors (Lipinski definition) is 1. The van der Waals surface area contributed by atoms with E-state index in [4.69, 9.17) is 0 Å². The number of nitrogens with zero attached hydrogens (tertiary/aromatic N) is 1. The lowest BCUT2D eigenvalue weighted by atomic mass is 9.97. The number of amides is 2. The number of anilines is 1. The van der Waals surface area contributed by atoms with Gasteiger partial charge in [-0.3, -0.25) is 9.59 Å². The fourth-order valence-corrected chi connectivity index (χ4v) is 3.53. The number of hydrogen-bond acceptors (Lipinski definition) is 2. The quantitative estimate of drug-likeness (QED) is 0.695. The first-order valence-electron chi connectivity index (χ1n) is 7.33. The SMILES string of the molecule is O=C1C[C@H](c2c[nH]c3ccccc23)C(=O)N1c1cccc(Br)c1. The predicted molar refractivity (Wildman–Crippen MR) is 92.3 cm³/mol. The molecule has 1 aromatic heterocycles. The van der Waals surface area contributed by atoms with E-state index >= 15 is 0 Å². The Kier molecular flexibility index (Phi) is 3.31. The minimum Gasteiger partial charge on any atom is -0.361 e. The number of rotatable bonds is 2. The molecule has 1 aliphatic rings. The van der Waals surface area contributed by atoms with Crippen molar-refractivity contribution in [3.05, 3.63) is 64.8 Å². The van der Waals surface area contributed by atoms with Crippen molar-refractivity contribution in [2.24, 2.45) is 0 Å². The summed E-state index contributed by atoms with van der Waals surface area (Å²) in [6.07, 6.45) is 2.04. The van der Waals surface area contributed by atoms with E-state index in [0.717, 1.165) is 20.9 Å². The lowest BCUT2D eigenvalue weighted by Gasteiger charge is -2.15. The monoisotopic (exact) mass is 368 g/mol. The van der Waals surface area contributed by atoms with E-state index in [0.29, 0.717) is 5.69 Å². The molecule has 0 spiro atoms. The third kappa shape index (κ3) is 2.28. The molecule has 23 heavy (non-hydrogen) atoms. The number of H-pyrrole nitrogens is 1. The van der Waals surface area contributed by atoms with Gasteiger partial charge in [0.05, 0.1) is 11.6 Å². The van der Waals surface area contributed by atoms with Crippen LogP contribution >= 0.6 is 15.9 Å². The van der Waals surface area contributed by atoms with Crippen LogP contribution in [-0.4, -0.2) is 16.8 Å². The lowest BCUT2D eigenvalue weighted by molar-refractivity contribution is -0.121. The molecule has 0 aliphatic carbocycles. The van der Waals surface area contributed by atoms with E-state index in [1.807, 2.05) is 42.6 Å². The summed E-state index contributed by atoms with van der Waals surface area (Å²) in [5, 5.41) is 0.995. The van der Waals surface area contributed by atoms with Crippen LogP contribution in [0.4, 0.5) is 5.69 Å². The maximum absolute atomic E-state index is 12.8. The summed E-state index contributed by atoms with van der Waals surface area (Å²) in [5.41, 5.74) is 2.47. The highest BCUT2D eigenvalue weighted by Crippen LogP contribution is 2.36. The first-order valence-corrected chi connectivity index (χ1v) is 8.13. The van der Waals surface area contributed by atoms with Crippen LogP contribution in [0.2, 0.25) is 0 Å². The highest BCUT2D eigenvalue weighted by molar-refractivity contribution is 9.10. The molecule has 1 fully saturated rings. The molecule has 2 aromatic carbocycles. The van der Waals surface area contributed by atoms with Crippen LogP contribution in [0.25, 0.3) is 10.9 Å². The van der Waals surface area contributed by atoms with Crippen LogP contribution < -0.4 is 4.90 Å². The maximum Gasteiger partial charge on any atom is 0.241 e. The van der Waals surface area contributed by atoms with Crippen LogP contribution in [0, 0.1) is 0 Å². The molecule has 1 N–H and O–H groups in total. The highest BCUT2D eigenvalue weighted by atomic mass is 79.9. The highest BCUT2D eigenvalue weighted by Gasteiger charge is 2.41. The number of aromatic amines is 1. The zero-order chi connectivity index (χ0) is 16.0. The summed E-state index contributed by atoms with van der Waals surface area (Å²) >= 11 is 3.38. The van der Waals surface area contributed by atoms with Gasteiger partial charge >= 0.3 is 0 Å². The molecule has 2 amide bonds. The Bertz CT molecular complexity index is 931. The summed E-state index contributed by atoms with van der Waals surface area (Å²) in [4.78, 5) is 29.7. The molecule has 1 aliphatic heterocycles. The second-order valence-corrected chi connectivity index (χ2v) is 6.51. The molecule has 1 saturated heterocycles. The summed E-state index contributed by atoms with van der Waals surface area (Å²) < 4.78 is 0.839. The number of nitrogens with one attached hydrogen (secondary N) is 1. The number of halogens is 1. The van der Waals surface area contributed by atoms with Gasteiger partial charge in [0.2, 0.25) is 11.8 Å². The van der Waals surface area contributed by atoms with Crippen LogP contribution in [0.3, 0.4) is 0 Å². The van der Waals surface area contributed by atoms with Crippen molar-refractivity contribution >= 4 is 44.3 Å². The van der Waals surface area contributed by atoms with Gasteiger partial charge < -0.3 is 4.98 Å². The Morgan fingerprint density at radius 2 is 1.91 bits per heavy atom. The second-order valence-electron chi connectivity index (χ2n) is 5.59. The molecule has 4 nitrogen and oxygen atoms in total. The van der Waals surface area contributed by atoms with Crippen molar-refractivity contribution in [3.63, 3.8) is 0 Å². The molecule has 3 aromatic rings. The Hall–Kier alpha value is -2.40. The zero-order valence-corrected chi connectivity index (χ0v) is 13.7. The average Bonchev–Trinajstić information content (AvgIpc) is 3.08. The number of para-hydroxylation sites is 1. The van der Waals surface area contributed by atoms with Gasteiger partial charge in [-0.25, -0.2) is 4.90 Å². The average molecular weight is 369 g/mol. The molecule has 0 saturated carbocycles. The summed E-state index contributed by atoms with van der Waals surface area (Å²) in [5.74, 6) is -0.765. The van der Waals surface area contributed by atoms with Crippen LogP contribution in [0.5, 0.6) is 0 Å². The van der Waals surface area contributed by atoms with Crippen molar-refractivity contribution in [2.75, 3.05) is 4.90 Å². The summed E-state index contributed by atoms with van der Waals surface area (Å²) in [7, 11) is 0. The van der Waals surface area contributed by atoms with Crippen molar-refractivity contribution in [1.29, 1.82) is 0 Å². The first kappa shape index (κ1) is 14.2. The minimum absolute atomic E-state index is 0.164. The normalized spacial score (nSPS) is 18.1. The molecule has 5 heteroatoms. The second kappa shape index (κ2) is 5.35. The van der Waals surface area contributed by atoms with Crippen molar-refractivity contribution in [3.8, 4) is 0 Å². The number of carbonyl (C=O) groups excluding carboxylic acids is 2. The Labute approximate surface area is 141 Å². The number of carbonyl (C=O) groups is 2. The van der Waals surface area contributed by atoms with Gasteiger partial charge in [-0.05, 0) is 29.8 Å².